The third kappa shape index (κ3) is 3.11. The number of nitrogens with zero attached hydrogens (tertiary/aromatic N) is 1. The molecule has 0 saturated carbocycles. The molecular formula is C13H12ClNO2. The molecule has 2 rings (SSSR count). The topological polar surface area (TPSA) is 31.4 Å². The van der Waals surface area contributed by atoms with Gasteiger partial charge in [0.25, 0.3) is 0 Å². The predicted octanol–water partition coefficient (Wildman–Crippen LogP) is 3.93. The molecule has 3 nitrogen and oxygen atoms in total. The van der Waals surface area contributed by atoms with Crippen LogP contribution in [0, 0.1) is 0 Å². The van der Waals surface area contributed by atoms with Crippen LogP contribution in [0.4, 0.5) is 0 Å². The summed E-state index contributed by atoms with van der Waals surface area (Å²) in [6.45, 7) is 2.52. The zero-order chi connectivity index (χ0) is 12.1. The fraction of sp³-hybridized carbons (Fsp3) is 0.154. The quantitative estimate of drug-likeness (QED) is 0.823. The normalized spacial score (nSPS) is 10.0. The van der Waals surface area contributed by atoms with Crippen molar-refractivity contribution in [3.8, 4) is 17.4 Å². The first-order chi connectivity index (χ1) is 8.29. The molecule has 0 fully saturated rings. The maximum Gasteiger partial charge on any atom is 0.219 e. The minimum absolute atomic E-state index is 0.488. The number of hydrogen-bond donors (Lipinski definition) is 0. The van der Waals surface area contributed by atoms with Gasteiger partial charge in [-0.3, -0.25) is 0 Å². The summed E-state index contributed by atoms with van der Waals surface area (Å²) < 4.78 is 11.1. The molecule has 0 atom stereocenters. The van der Waals surface area contributed by atoms with Gasteiger partial charge in [0, 0.05) is 12.3 Å². The van der Waals surface area contributed by atoms with E-state index in [1.54, 1.807) is 18.3 Å². The Bertz CT molecular complexity index is 485. The Morgan fingerprint density at radius 1 is 1.12 bits per heavy atom. The number of pyridine rings is 1. The smallest absolute Gasteiger partial charge is 0.219 e. The molecule has 4 heteroatoms. The van der Waals surface area contributed by atoms with Crippen LogP contribution in [0.2, 0.25) is 5.02 Å². The van der Waals surface area contributed by atoms with E-state index in [9.17, 15) is 0 Å². The lowest BCUT2D eigenvalue weighted by Crippen LogP contribution is -1.95. The Morgan fingerprint density at radius 2 is 1.88 bits per heavy atom. The first-order valence-corrected chi connectivity index (χ1v) is 5.68. The molecule has 2 aromatic rings. The van der Waals surface area contributed by atoms with E-state index >= 15 is 0 Å². The van der Waals surface area contributed by atoms with Crippen LogP contribution in [0.25, 0.3) is 0 Å². The van der Waals surface area contributed by atoms with E-state index in [1.807, 2.05) is 31.2 Å². The fourth-order valence-corrected chi connectivity index (χ4v) is 1.46. The predicted molar refractivity (Wildman–Crippen MR) is 66.9 cm³/mol. The molecule has 0 unspecified atom stereocenters. The van der Waals surface area contributed by atoms with Crippen LogP contribution in [-0.4, -0.2) is 11.6 Å². The van der Waals surface area contributed by atoms with Crippen molar-refractivity contribution in [2.24, 2.45) is 0 Å². The third-order valence-corrected chi connectivity index (χ3v) is 2.29. The lowest BCUT2D eigenvalue weighted by Gasteiger charge is -2.10. The van der Waals surface area contributed by atoms with E-state index in [0.29, 0.717) is 29.0 Å². The number of benzene rings is 1. The highest BCUT2D eigenvalue weighted by atomic mass is 35.5. The monoisotopic (exact) mass is 249 g/mol. The zero-order valence-electron chi connectivity index (χ0n) is 9.39. The van der Waals surface area contributed by atoms with Crippen LogP contribution in [-0.2, 0) is 0 Å². The van der Waals surface area contributed by atoms with E-state index in [-0.39, 0.29) is 0 Å². The van der Waals surface area contributed by atoms with E-state index in [2.05, 4.69) is 4.98 Å². The van der Waals surface area contributed by atoms with Crippen LogP contribution >= 0.6 is 11.6 Å². The molecule has 88 valence electrons. The highest BCUT2D eigenvalue weighted by Crippen LogP contribution is 2.30. The molecule has 0 spiro atoms. The number of hydrogen-bond acceptors (Lipinski definition) is 3. The highest BCUT2D eigenvalue weighted by Gasteiger charge is 2.05. The van der Waals surface area contributed by atoms with Crippen molar-refractivity contribution < 1.29 is 9.47 Å². The second-order valence-electron chi connectivity index (χ2n) is 3.30. The van der Waals surface area contributed by atoms with Gasteiger partial charge >= 0.3 is 0 Å². The van der Waals surface area contributed by atoms with Crippen molar-refractivity contribution in [2.75, 3.05) is 6.61 Å². The fourth-order valence-electron chi connectivity index (χ4n) is 1.34. The van der Waals surface area contributed by atoms with Gasteiger partial charge in [0.2, 0.25) is 5.88 Å². The Labute approximate surface area is 105 Å². The van der Waals surface area contributed by atoms with Crippen LogP contribution < -0.4 is 9.47 Å². The Hall–Kier alpha value is -1.74. The van der Waals surface area contributed by atoms with Crippen LogP contribution in [0.1, 0.15) is 6.92 Å². The molecular weight excluding hydrogens is 238 g/mol. The van der Waals surface area contributed by atoms with E-state index in [4.69, 9.17) is 21.1 Å². The Kier molecular flexibility index (Phi) is 3.83. The lowest BCUT2D eigenvalue weighted by molar-refractivity contribution is 0.319. The number of aromatic nitrogens is 1. The summed E-state index contributed by atoms with van der Waals surface area (Å²) in [5, 5.41) is 0.579. The first kappa shape index (κ1) is 11.7. The maximum atomic E-state index is 5.75. The summed E-state index contributed by atoms with van der Waals surface area (Å²) in [6, 6.07) is 10.9. The summed E-state index contributed by atoms with van der Waals surface area (Å²) in [4.78, 5) is 4.07. The maximum absolute atomic E-state index is 5.75. The van der Waals surface area contributed by atoms with E-state index in [0.717, 1.165) is 0 Å². The number of para-hydroxylation sites is 2. The molecule has 1 aromatic carbocycles. The average Bonchev–Trinajstić information content (AvgIpc) is 2.35. The molecule has 17 heavy (non-hydrogen) atoms. The molecule has 0 bridgehead atoms. The molecule has 0 aliphatic heterocycles. The van der Waals surface area contributed by atoms with Crippen molar-refractivity contribution in [3.05, 3.63) is 47.6 Å². The Balaban J connectivity index is 2.20. The second kappa shape index (κ2) is 5.55. The molecule has 1 heterocycles. The van der Waals surface area contributed by atoms with Crippen molar-refractivity contribution >= 4 is 11.6 Å². The zero-order valence-corrected chi connectivity index (χ0v) is 10.1. The number of halogens is 1. The van der Waals surface area contributed by atoms with Crippen LogP contribution in [0.3, 0.4) is 0 Å². The first-order valence-electron chi connectivity index (χ1n) is 5.31. The van der Waals surface area contributed by atoms with Crippen molar-refractivity contribution in [1.82, 2.24) is 4.98 Å². The summed E-state index contributed by atoms with van der Waals surface area (Å²) in [7, 11) is 0. The van der Waals surface area contributed by atoms with Gasteiger partial charge in [-0.25, -0.2) is 4.98 Å². The van der Waals surface area contributed by atoms with Crippen LogP contribution in [0.15, 0.2) is 42.6 Å². The van der Waals surface area contributed by atoms with Gasteiger partial charge in [-0.15, -0.1) is 0 Å². The minimum Gasteiger partial charge on any atom is -0.490 e. The largest absolute Gasteiger partial charge is 0.490 e. The molecule has 0 N–H and O–H groups in total. The molecule has 0 amide bonds. The second-order valence-corrected chi connectivity index (χ2v) is 3.73. The molecule has 1 aromatic heterocycles. The number of ether oxygens (including phenoxy) is 2. The van der Waals surface area contributed by atoms with Gasteiger partial charge in [-0.2, -0.15) is 0 Å². The average molecular weight is 250 g/mol. The highest BCUT2D eigenvalue weighted by molar-refractivity contribution is 6.30. The van der Waals surface area contributed by atoms with Crippen molar-refractivity contribution in [3.63, 3.8) is 0 Å². The standard InChI is InChI=1S/C13H12ClNO2/c1-2-16-11-5-3-4-6-12(11)17-13-8-7-10(14)9-15-13/h3-9H,2H2,1H3. The SMILES string of the molecule is CCOc1ccccc1Oc1ccc(Cl)cn1. The summed E-state index contributed by atoms with van der Waals surface area (Å²) >= 11 is 5.75. The van der Waals surface area contributed by atoms with Crippen molar-refractivity contribution in [1.29, 1.82) is 0 Å². The van der Waals surface area contributed by atoms with Crippen molar-refractivity contribution in [2.45, 2.75) is 6.92 Å². The van der Waals surface area contributed by atoms with Gasteiger partial charge < -0.3 is 9.47 Å². The van der Waals surface area contributed by atoms with Gasteiger partial charge in [0.1, 0.15) is 0 Å². The summed E-state index contributed by atoms with van der Waals surface area (Å²) in [5.41, 5.74) is 0. The van der Waals surface area contributed by atoms with Gasteiger partial charge in [0.05, 0.1) is 11.6 Å². The number of rotatable bonds is 4. The van der Waals surface area contributed by atoms with Gasteiger partial charge in [0.15, 0.2) is 11.5 Å². The molecule has 0 aliphatic rings. The van der Waals surface area contributed by atoms with E-state index in [1.165, 1.54) is 0 Å². The van der Waals surface area contributed by atoms with E-state index < -0.39 is 0 Å². The third-order valence-electron chi connectivity index (χ3n) is 2.06. The molecule has 0 radical (unpaired) electrons. The molecule has 0 saturated heterocycles. The summed E-state index contributed by atoms with van der Waals surface area (Å²) in [6.07, 6.45) is 1.54. The molecule has 0 aliphatic carbocycles. The Morgan fingerprint density at radius 3 is 2.53 bits per heavy atom. The van der Waals surface area contributed by atoms with Gasteiger partial charge in [-0.1, -0.05) is 23.7 Å². The van der Waals surface area contributed by atoms with Crippen LogP contribution in [0.5, 0.6) is 17.4 Å². The van der Waals surface area contributed by atoms with Gasteiger partial charge in [-0.05, 0) is 25.1 Å². The summed E-state index contributed by atoms with van der Waals surface area (Å²) in [5.74, 6) is 1.83. The minimum atomic E-state index is 0.488. The lowest BCUT2D eigenvalue weighted by atomic mass is 10.3.